The van der Waals surface area contributed by atoms with Crippen LogP contribution in [0.2, 0.25) is 0 Å². The lowest BCUT2D eigenvalue weighted by Gasteiger charge is -2.36. The molecule has 7 heterocycles. The lowest BCUT2D eigenvalue weighted by Crippen LogP contribution is -2.52. The van der Waals surface area contributed by atoms with E-state index in [2.05, 4.69) is 46.8 Å². The first kappa shape index (κ1) is 38.3. The Morgan fingerprint density at radius 1 is 0.767 bits per heavy atom. The number of aromatic nitrogens is 4. The number of benzene rings is 3. The van der Waals surface area contributed by atoms with Crippen LogP contribution in [-0.2, 0) is 16.1 Å². The molecule has 0 spiro atoms. The quantitative estimate of drug-likeness (QED) is 0.172. The Bertz CT molecular complexity index is 2390. The molecule has 0 bridgehead atoms. The molecule has 60 heavy (non-hydrogen) atoms. The largest absolute Gasteiger partial charge is 0.457 e. The molecule has 5 aromatic rings. The average Bonchev–Trinajstić information content (AvgIpc) is 3.98. The van der Waals surface area contributed by atoms with Crippen LogP contribution >= 0.6 is 0 Å². The molecule has 14 heteroatoms. The van der Waals surface area contributed by atoms with Crippen molar-refractivity contribution in [3.63, 3.8) is 0 Å². The maximum atomic E-state index is 13.2. The number of para-hydroxylation sites is 1. The number of rotatable bonds is 10. The fourth-order valence-corrected chi connectivity index (χ4v) is 10.2. The van der Waals surface area contributed by atoms with Gasteiger partial charge < -0.3 is 30.1 Å². The van der Waals surface area contributed by atoms with Crippen LogP contribution in [0.3, 0.4) is 0 Å². The Morgan fingerprint density at radius 3 is 2.28 bits per heavy atom. The molecule has 10 rings (SSSR count). The van der Waals surface area contributed by atoms with Crippen molar-refractivity contribution in [2.24, 2.45) is 11.8 Å². The fraction of sp³-hybridized carbons (Fsp3) is 0.435. The van der Waals surface area contributed by atoms with Crippen molar-refractivity contribution < 1.29 is 19.1 Å². The number of carbonyl (C=O) groups excluding carboxylic acids is 3. The predicted molar refractivity (Wildman–Crippen MR) is 228 cm³/mol. The summed E-state index contributed by atoms with van der Waals surface area (Å²) in [5.41, 5.74) is 11.8. The highest BCUT2D eigenvalue weighted by molar-refractivity contribution is 6.05. The highest BCUT2D eigenvalue weighted by atomic mass is 16.5. The molecule has 3 amide bonds. The number of fused-ring (bicyclic) bond motifs is 2. The Hall–Kier alpha value is -5.86. The van der Waals surface area contributed by atoms with Crippen LogP contribution < -0.4 is 20.7 Å². The van der Waals surface area contributed by atoms with E-state index >= 15 is 0 Å². The van der Waals surface area contributed by atoms with Crippen LogP contribution in [0.15, 0.2) is 79.1 Å². The van der Waals surface area contributed by atoms with E-state index in [0.29, 0.717) is 36.2 Å². The van der Waals surface area contributed by atoms with Crippen LogP contribution in [-0.4, -0.2) is 111 Å². The van der Waals surface area contributed by atoms with E-state index in [9.17, 15) is 14.4 Å². The van der Waals surface area contributed by atoms with Gasteiger partial charge in [-0.3, -0.25) is 19.7 Å². The normalized spacial score (nSPS) is 22.2. The third kappa shape index (κ3) is 7.69. The number of nitrogens with zero attached hydrogens (tertiary/aromatic N) is 8. The van der Waals surface area contributed by atoms with Gasteiger partial charge in [0.15, 0.2) is 5.65 Å². The molecule has 1 unspecified atom stereocenters. The molecular weight excluding hydrogens is 757 g/mol. The number of nitrogens with one attached hydrogen (secondary N) is 1. The molecule has 0 aliphatic carbocycles. The summed E-state index contributed by atoms with van der Waals surface area (Å²) in [6.07, 6.45) is 7.77. The number of nitrogens with two attached hydrogens (primary N) is 1. The zero-order valence-electron chi connectivity index (χ0n) is 33.9. The summed E-state index contributed by atoms with van der Waals surface area (Å²) in [6, 6.07) is 23.5. The van der Waals surface area contributed by atoms with Gasteiger partial charge in [0.25, 0.3) is 5.91 Å². The molecular formula is C46H52N10O4. The minimum Gasteiger partial charge on any atom is -0.457 e. The smallest absolute Gasteiger partial charge is 0.255 e. The van der Waals surface area contributed by atoms with Gasteiger partial charge in [-0.1, -0.05) is 18.2 Å². The van der Waals surface area contributed by atoms with E-state index in [1.54, 1.807) is 11.2 Å². The maximum absolute atomic E-state index is 13.2. The number of anilines is 2. The maximum Gasteiger partial charge on any atom is 0.255 e. The van der Waals surface area contributed by atoms with Crippen molar-refractivity contribution in [2.45, 2.75) is 63.6 Å². The van der Waals surface area contributed by atoms with Crippen molar-refractivity contribution in [2.75, 3.05) is 63.0 Å². The van der Waals surface area contributed by atoms with E-state index in [-0.39, 0.29) is 30.2 Å². The van der Waals surface area contributed by atoms with E-state index in [1.807, 2.05) is 60.7 Å². The zero-order valence-corrected chi connectivity index (χ0v) is 33.9. The van der Waals surface area contributed by atoms with Crippen LogP contribution in [0, 0.1) is 11.8 Å². The number of hydrogen-bond donors (Lipinski definition) is 2. The van der Waals surface area contributed by atoms with Crippen molar-refractivity contribution in [1.82, 2.24) is 39.8 Å². The van der Waals surface area contributed by atoms with E-state index in [0.717, 1.165) is 110 Å². The average molecular weight is 809 g/mol. The lowest BCUT2D eigenvalue weighted by molar-refractivity contribution is -0.136. The predicted octanol–water partition coefficient (Wildman–Crippen LogP) is 5.50. The Morgan fingerprint density at radius 2 is 1.50 bits per heavy atom. The summed E-state index contributed by atoms with van der Waals surface area (Å²) in [4.78, 5) is 55.8. The Balaban J connectivity index is 0.695. The summed E-state index contributed by atoms with van der Waals surface area (Å²) >= 11 is 0. The summed E-state index contributed by atoms with van der Waals surface area (Å²) in [7, 11) is 0. The molecule has 4 saturated heterocycles. The molecule has 14 nitrogen and oxygen atoms in total. The number of hydrogen-bond acceptors (Lipinski definition) is 11. The van der Waals surface area contributed by atoms with Crippen molar-refractivity contribution in [1.29, 1.82) is 0 Å². The van der Waals surface area contributed by atoms with Crippen LogP contribution in [0.5, 0.6) is 11.5 Å². The summed E-state index contributed by atoms with van der Waals surface area (Å²) in [5, 5.41) is 8.34. The van der Waals surface area contributed by atoms with Crippen molar-refractivity contribution in [3.8, 4) is 22.8 Å². The highest BCUT2D eigenvalue weighted by Crippen LogP contribution is 2.37. The monoisotopic (exact) mass is 808 g/mol. The van der Waals surface area contributed by atoms with Gasteiger partial charge in [0.05, 0.1) is 11.4 Å². The molecule has 3 aromatic carbocycles. The minimum atomic E-state index is -0.587. The van der Waals surface area contributed by atoms with Crippen molar-refractivity contribution in [3.05, 3.63) is 90.3 Å². The number of ether oxygens (including phenoxy) is 1. The summed E-state index contributed by atoms with van der Waals surface area (Å²) < 4.78 is 8.12. The number of piperidine rings is 3. The van der Waals surface area contributed by atoms with Gasteiger partial charge in [-0.05, 0) is 117 Å². The van der Waals surface area contributed by atoms with Gasteiger partial charge in [0.2, 0.25) is 11.8 Å². The molecule has 2 atom stereocenters. The number of imide groups is 1. The van der Waals surface area contributed by atoms with Crippen molar-refractivity contribution >= 4 is 40.3 Å². The van der Waals surface area contributed by atoms with Gasteiger partial charge in [-0.2, -0.15) is 5.10 Å². The number of nitrogen functional groups attached to an aromatic ring is 1. The topological polar surface area (TPSA) is 155 Å². The van der Waals surface area contributed by atoms with Gasteiger partial charge in [0, 0.05) is 75.6 Å². The van der Waals surface area contributed by atoms with E-state index in [1.165, 1.54) is 19.5 Å². The molecule has 310 valence electrons. The first-order valence-corrected chi connectivity index (χ1v) is 21.6. The Labute approximate surface area is 349 Å². The van der Waals surface area contributed by atoms with Gasteiger partial charge in [-0.15, -0.1) is 0 Å². The van der Waals surface area contributed by atoms with Gasteiger partial charge in [0.1, 0.15) is 35.4 Å². The first-order valence-electron chi connectivity index (χ1n) is 21.6. The minimum absolute atomic E-state index is 0.120. The van der Waals surface area contributed by atoms with E-state index < -0.39 is 6.04 Å². The second kappa shape index (κ2) is 16.3. The molecule has 0 saturated carbocycles. The summed E-state index contributed by atoms with van der Waals surface area (Å²) in [5.74, 6) is 2.61. The second-order valence-electron chi connectivity index (χ2n) is 17.3. The zero-order chi connectivity index (χ0) is 40.7. The third-order valence-corrected chi connectivity index (χ3v) is 13.4. The SMILES string of the molecule is Nc1ncnc2c1c(-c1ccc(Oc3ccccc3)cc1)nn2C1CCN(C[C@H]2CCN(CC3CCN(c4ccc5c(c4)CN(C4CCC(=O)NC4=O)C5=O)CC3)C2)CC1. The highest BCUT2D eigenvalue weighted by Gasteiger charge is 2.39. The lowest BCUT2D eigenvalue weighted by atomic mass is 9.95. The van der Waals surface area contributed by atoms with Crippen LogP contribution in [0.1, 0.15) is 66.9 Å². The third-order valence-electron chi connectivity index (χ3n) is 13.4. The van der Waals surface area contributed by atoms with Crippen LogP contribution in [0.4, 0.5) is 11.5 Å². The number of likely N-dealkylation sites (tertiary alicyclic amines) is 2. The van der Waals surface area contributed by atoms with Gasteiger partial charge >= 0.3 is 0 Å². The second-order valence-corrected chi connectivity index (χ2v) is 17.3. The molecule has 2 aromatic heterocycles. The number of amides is 3. The van der Waals surface area contributed by atoms with E-state index in [4.69, 9.17) is 15.6 Å². The molecule has 4 fully saturated rings. The molecule has 0 radical (unpaired) electrons. The fourth-order valence-electron chi connectivity index (χ4n) is 10.2. The molecule has 3 N–H and O–H groups in total. The number of carbonyl (C=O) groups is 3. The molecule has 5 aliphatic rings. The summed E-state index contributed by atoms with van der Waals surface area (Å²) in [6.45, 7) is 9.13. The van der Waals surface area contributed by atoms with Crippen LogP contribution in [0.25, 0.3) is 22.3 Å². The molecule has 5 aliphatic heterocycles. The van der Waals surface area contributed by atoms with Gasteiger partial charge in [-0.25, -0.2) is 14.6 Å². The Kier molecular flexibility index (Phi) is 10.4. The standard InChI is InChI=1S/C46H52N10O4/c47-43-41-42(32-6-9-37(10-7-32)60-36-4-2-1-3-5-36)51-56(44(41)49-29-48-43)34-17-20-52(21-18-34)26-31-14-19-53(27-31)25-30-15-22-54(23-16-30)35-8-11-38-33(24-35)28-55(46(38)59)39-12-13-40(57)50-45(39)58/h1-11,24,29-31,34,39H,12-23,25-28H2,(H2,47,48,49)(H,50,57,58)/t31-,39?/m1/s1. The first-order chi connectivity index (χ1) is 29.3.